The van der Waals surface area contributed by atoms with Crippen molar-refractivity contribution in [3.63, 3.8) is 0 Å². The number of benzene rings is 1. The van der Waals surface area contributed by atoms with Gasteiger partial charge in [0.2, 0.25) is 15.9 Å². The molecule has 0 saturated carbocycles. The lowest BCUT2D eigenvalue weighted by Gasteiger charge is -2.12. The number of carbonyl (C=O) groups is 1. The van der Waals surface area contributed by atoms with Gasteiger partial charge in [0, 0.05) is 12.2 Å². The first-order chi connectivity index (χ1) is 9.35. The van der Waals surface area contributed by atoms with Gasteiger partial charge in [0.15, 0.2) is 0 Å². The Morgan fingerprint density at radius 3 is 2.71 bits per heavy atom. The number of rotatable bonds is 4. The van der Waals surface area contributed by atoms with Gasteiger partial charge in [0.05, 0.1) is 17.9 Å². The van der Waals surface area contributed by atoms with Gasteiger partial charge in [-0.15, -0.1) is 12.4 Å². The third-order valence-corrected chi connectivity index (χ3v) is 3.55. The normalized spacial score (nSPS) is 17.9. The lowest BCUT2D eigenvalue weighted by molar-refractivity contribution is -0.119. The summed E-state index contributed by atoms with van der Waals surface area (Å²) in [6, 6.07) is 3.76. The second-order valence-corrected chi connectivity index (χ2v) is 6.50. The molecule has 1 fully saturated rings. The van der Waals surface area contributed by atoms with Gasteiger partial charge in [-0.3, -0.25) is 9.52 Å². The number of carbonyl (C=O) groups excluding carboxylic acids is 1. The molecule has 1 unspecified atom stereocenters. The Morgan fingerprint density at radius 2 is 2.14 bits per heavy atom. The number of hydrogen-bond acceptors (Lipinski definition) is 4. The molecule has 21 heavy (non-hydrogen) atoms. The van der Waals surface area contributed by atoms with Crippen LogP contribution in [-0.2, 0) is 14.8 Å². The van der Waals surface area contributed by atoms with Gasteiger partial charge in [0.25, 0.3) is 0 Å². The fourth-order valence-electron chi connectivity index (χ4n) is 2.00. The van der Waals surface area contributed by atoms with Gasteiger partial charge in [0.1, 0.15) is 5.82 Å². The van der Waals surface area contributed by atoms with E-state index in [1.54, 1.807) is 0 Å². The molecule has 0 bridgehead atoms. The van der Waals surface area contributed by atoms with Crippen LogP contribution < -0.4 is 15.4 Å². The summed E-state index contributed by atoms with van der Waals surface area (Å²) < 4.78 is 37.8. The van der Waals surface area contributed by atoms with Crippen molar-refractivity contribution in [3.8, 4) is 0 Å². The SMILES string of the molecule is CS(=O)(=O)Nc1cc(NC(=O)C2CCNC2)ccc1F.Cl. The number of amides is 1. The largest absolute Gasteiger partial charge is 0.326 e. The monoisotopic (exact) mass is 337 g/mol. The summed E-state index contributed by atoms with van der Waals surface area (Å²) in [5, 5.41) is 5.73. The van der Waals surface area contributed by atoms with E-state index in [1.165, 1.54) is 12.1 Å². The molecule has 1 saturated heterocycles. The Balaban J connectivity index is 0.00000220. The minimum atomic E-state index is -3.57. The van der Waals surface area contributed by atoms with Gasteiger partial charge in [-0.25, -0.2) is 12.8 Å². The maximum absolute atomic E-state index is 13.5. The molecule has 1 heterocycles. The third kappa shape index (κ3) is 5.14. The smallest absolute Gasteiger partial charge is 0.229 e. The minimum absolute atomic E-state index is 0. The topological polar surface area (TPSA) is 87.3 Å². The van der Waals surface area contributed by atoms with Crippen molar-refractivity contribution in [1.29, 1.82) is 0 Å². The van der Waals surface area contributed by atoms with Gasteiger partial charge in [-0.1, -0.05) is 0 Å². The Kier molecular flexibility index (Phi) is 5.94. The zero-order valence-electron chi connectivity index (χ0n) is 11.3. The summed E-state index contributed by atoms with van der Waals surface area (Å²) in [6.07, 6.45) is 1.68. The van der Waals surface area contributed by atoms with E-state index in [9.17, 15) is 17.6 Å². The van der Waals surface area contributed by atoms with Crippen molar-refractivity contribution in [2.45, 2.75) is 6.42 Å². The fourth-order valence-corrected chi connectivity index (χ4v) is 2.56. The molecular formula is C12H17ClFN3O3S. The van der Waals surface area contributed by atoms with Crippen LogP contribution in [-0.4, -0.2) is 33.7 Å². The number of sulfonamides is 1. The second-order valence-electron chi connectivity index (χ2n) is 4.75. The van der Waals surface area contributed by atoms with E-state index in [-0.39, 0.29) is 29.9 Å². The molecule has 0 aromatic heterocycles. The van der Waals surface area contributed by atoms with Gasteiger partial charge >= 0.3 is 0 Å². The molecule has 9 heteroatoms. The van der Waals surface area contributed by atoms with E-state index in [0.717, 1.165) is 25.3 Å². The van der Waals surface area contributed by atoms with Crippen LogP contribution in [0.4, 0.5) is 15.8 Å². The molecule has 2 rings (SSSR count). The lowest BCUT2D eigenvalue weighted by atomic mass is 10.1. The molecule has 0 spiro atoms. The quantitative estimate of drug-likeness (QED) is 0.769. The van der Waals surface area contributed by atoms with Crippen LogP contribution in [0.1, 0.15) is 6.42 Å². The van der Waals surface area contributed by atoms with Crippen LogP contribution in [0.3, 0.4) is 0 Å². The summed E-state index contributed by atoms with van der Waals surface area (Å²) in [6.45, 7) is 1.41. The van der Waals surface area contributed by atoms with Crippen molar-refractivity contribution < 1.29 is 17.6 Å². The van der Waals surface area contributed by atoms with Crippen molar-refractivity contribution >= 4 is 39.7 Å². The summed E-state index contributed by atoms with van der Waals surface area (Å²) in [4.78, 5) is 11.9. The van der Waals surface area contributed by atoms with E-state index < -0.39 is 15.8 Å². The van der Waals surface area contributed by atoms with Crippen molar-refractivity contribution in [2.24, 2.45) is 5.92 Å². The molecule has 6 nitrogen and oxygen atoms in total. The summed E-state index contributed by atoms with van der Waals surface area (Å²) in [7, 11) is -3.57. The molecule has 1 aliphatic heterocycles. The Bertz CT molecular complexity index is 618. The van der Waals surface area contributed by atoms with Crippen LogP contribution in [0.5, 0.6) is 0 Å². The number of hydrogen-bond donors (Lipinski definition) is 3. The Hall–Kier alpha value is -1.38. The summed E-state index contributed by atoms with van der Waals surface area (Å²) in [5.41, 5.74) is 0.171. The predicted octanol–water partition coefficient (Wildman–Crippen LogP) is 1.17. The van der Waals surface area contributed by atoms with Gasteiger partial charge < -0.3 is 10.6 Å². The van der Waals surface area contributed by atoms with Crippen molar-refractivity contribution in [3.05, 3.63) is 24.0 Å². The maximum Gasteiger partial charge on any atom is 0.229 e. The van der Waals surface area contributed by atoms with Crippen LogP contribution in [0.2, 0.25) is 0 Å². The van der Waals surface area contributed by atoms with E-state index in [1.807, 2.05) is 0 Å². The first-order valence-corrected chi connectivity index (χ1v) is 8.03. The molecule has 1 aromatic carbocycles. The highest BCUT2D eigenvalue weighted by atomic mass is 35.5. The molecule has 0 aliphatic carbocycles. The van der Waals surface area contributed by atoms with E-state index in [4.69, 9.17) is 0 Å². The van der Waals surface area contributed by atoms with E-state index in [2.05, 4.69) is 15.4 Å². The van der Waals surface area contributed by atoms with Gasteiger partial charge in [-0.2, -0.15) is 0 Å². The average molecular weight is 338 g/mol. The zero-order valence-corrected chi connectivity index (χ0v) is 13.0. The van der Waals surface area contributed by atoms with Crippen LogP contribution in [0.15, 0.2) is 18.2 Å². The number of nitrogens with one attached hydrogen (secondary N) is 3. The Labute approximate surface area is 129 Å². The van der Waals surface area contributed by atoms with Crippen molar-refractivity contribution in [2.75, 3.05) is 29.4 Å². The Morgan fingerprint density at radius 1 is 1.43 bits per heavy atom. The standard InChI is InChI=1S/C12H16FN3O3S.ClH/c1-20(18,19)16-11-6-9(2-3-10(11)13)15-12(17)8-4-5-14-7-8;/h2-3,6,8,14,16H,4-5,7H2,1H3,(H,15,17);1H. The van der Waals surface area contributed by atoms with E-state index >= 15 is 0 Å². The maximum atomic E-state index is 13.5. The molecule has 0 radical (unpaired) electrons. The highest BCUT2D eigenvalue weighted by molar-refractivity contribution is 7.92. The minimum Gasteiger partial charge on any atom is -0.326 e. The molecule has 1 aliphatic rings. The summed E-state index contributed by atoms with van der Waals surface area (Å²) >= 11 is 0. The molecule has 1 amide bonds. The first kappa shape index (κ1) is 17.7. The van der Waals surface area contributed by atoms with Crippen LogP contribution >= 0.6 is 12.4 Å². The van der Waals surface area contributed by atoms with Crippen LogP contribution in [0, 0.1) is 11.7 Å². The predicted molar refractivity (Wildman–Crippen MR) is 81.7 cm³/mol. The van der Waals surface area contributed by atoms with Crippen LogP contribution in [0.25, 0.3) is 0 Å². The average Bonchev–Trinajstić information content (AvgIpc) is 2.85. The second kappa shape index (κ2) is 7.06. The van der Waals surface area contributed by atoms with Crippen molar-refractivity contribution in [1.82, 2.24) is 5.32 Å². The number of halogens is 2. The summed E-state index contributed by atoms with van der Waals surface area (Å²) in [5.74, 6) is -0.978. The first-order valence-electron chi connectivity index (χ1n) is 6.14. The highest BCUT2D eigenvalue weighted by Crippen LogP contribution is 2.21. The lowest BCUT2D eigenvalue weighted by Crippen LogP contribution is -2.24. The number of anilines is 2. The highest BCUT2D eigenvalue weighted by Gasteiger charge is 2.22. The fraction of sp³-hybridized carbons (Fsp3) is 0.417. The molecule has 1 atom stereocenters. The third-order valence-electron chi connectivity index (χ3n) is 2.96. The molecule has 1 aromatic rings. The molecule has 118 valence electrons. The zero-order chi connectivity index (χ0) is 14.8. The molecule has 3 N–H and O–H groups in total. The van der Waals surface area contributed by atoms with E-state index in [0.29, 0.717) is 12.2 Å². The molecular weight excluding hydrogens is 321 g/mol. The van der Waals surface area contributed by atoms with Gasteiger partial charge in [-0.05, 0) is 31.2 Å².